The van der Waals surface area contributed by atoms with E-state index in [0.29, 0.717) is 31.6 Å². The number of ether oxygens (including phenoxy) is 4. The van der Waals surface area contributed by atoms with Crippen molar-refractivity contribution in [2.24, 2.45) is 23.7 Å². The molecule has 0 aromatic heterocycles. The van der Waals surface area contributed by atoms with Crippen molar-refractivity contribution in [2.45, 2.75) is 363 Å². The number of esters is 4. The van der Waals surface area contributed by atoms with Crippen LogP contribution in [0.5, 0.6) is 0 Å². The number of phosphoric acid groups is 2. The fraction of sp³-hybridized carbons (Fsp3) is 0.943. The number of aliphatic hydroxyl groups is 1. The monoisotopic (exact) mass is 1310 g/mol. The van der Waals surface area contributed by atoms with E-state index < -0.39 is 97.5 Å². The lowest BCUT2D eigenvalue weighted by molar-refractivity contribution is -0.161. The topological polar surface area (TPSA) is 237 Å². The quantitative estimate of drug-likeness (QED) is 0.0222. The first-order valence-electron chi connectivity index (χ1n) is 36.2. The van der Waals surface area contributed by atoms with Crippen LogP contribution >= 0.6 is 15.6 Å². The van der Waals surface area contributed by atoms with Gasteiger partial charge in [0.1, 0.15) is 19.3 Å². The first-order chi connectivity index (χ1) is 42.6. The fourth-order valence-corrected chi connectivity index (χ4v) is 12.0. The summed E-state index contributed by atoms with van der Waals surface area (Å²) in [5, 5.41) is 10.6. The van der Waals surface area contributed by atoms with Crippen molar-refractivity contribution in [2.75, 3.05) is 39.6 Å². The third kappa shape index (κ3) is 63.2. The van der Waals surface area contributed by atoms with Gasteiger partial charge >= 0.3 is 39.5 Å². The summed E-state index contributed by atoms with van der Waals surface area (Å²) in [5.74, 6) is 0.864. The Bertz CT molecular complexity index is 1770. The molecule has 19 heteroatoms. The highest BCUT2D eigenvalue weighted by atomic mass is 31.2. The summed E-state index contributed by atoms with van der Waals surface area (Å²) in [6.07, 6.45) is 41.7. The number of unbranched alkanes of at least 4 members (excludes halogenated alkanes) is 32. The first kappa shape index (κ1) is 87.1. The van der Waals surface area contributed by atoms with Gasteiger partial charge in [0, 0.05) is 25.7 Å². The summed E-state index contributed by atoms with van der Waals surface area (Å²) in [6, 6.07) is 0. The van der Waals surface area contributed by atoms with E-state index >= 15 is 0 Å². The molecule has 0 rings (SSSR count). The zero-order chi connectivity index (χ0) is 66.1. The van der Waals surface area contributed by atoms with Crippen LogP contribution in [-0.2, 0) is 65.4 Å². The van der Waals surface area contributed by atoms with Crippen LogP contribution in [0.1, 0.15) is 344 Å². The summed E-state index contributed by atoms with van der Waals surface area (Å²) in [6.45, 7) is 14.1. The third-order valence-corrected chi connectivity index (χ3v) is 18.3. The molecule has 0 radical (unpaired) electrons. The van der Waals surface area contributed by atoms with Gasteiger partial charge in [0.15, 0.2) is 12.2 Å². The van der Waals surface area contributed by atoms with Crippen molar-refractivity contribution >= 4 is 39.5 Å². The molecule has 6 atom stereocenters. The van der Waals surface area contributed by atoms with Gasteiger partial charge in [0.05, 0.1) is 26.4 Å². The van der Waals surface area contributed by atoms with Crippen molar-refractivity contribution < 1.29 is 80.2 Å². The van der Waals surface area contributed by atoms with Gasteiger partial charge in [0.2, 0.25) is 0 Å². The number of phosphoric ester groups is 2. The number of hydrogen-bond acceptors (Lipinski definition) is 15. The van der Waals surface area contributed by atoms with Crippen molar-refractivity contribution in [1.82, 2.24) is 0 Å². The highest BCUT2D eigenvalue weighted by Gasteiger charge is 2.30. The highest BCUT2D eigenvalue weighted by Crippen LogP contribution is 2.45. The van der Waals surface area contributed by atoms with Gasteiger partial charge in [-0.05, 0) is 49.4 Å². The second-order valence-corrected chi connectivity index (χ2v) is 29.8. The molecule has 0 fully saturated rings. The third-order valence-electron chi connectivity index (χ3n) is 16.4. The van der Waals surface area contributed by atoms with E-state index in [9.17, 15) is 43.2 Å². The average Bonchev–Trinajstić information content (AvgIpc) is 3.63. The fourth-order valence-electron chi connectivity index (χ4n) is 10.5. The van der Waals surface area contributed by atoms with Crippen LogP contribution in [0.4, 0.5) is 0 Å². The number of carbonyl (C=O) groups excluding carboxylic acids is 4. The minimum Gasteiger partial charge on any atom is -0.462 e. The Labute approximate surface area is 543 Å². The van der Waals surface area contributed by atoms with Gasteiger partial charge in [-0.1, -0.05) is 293 Å². The molecular weight excluding hydrogens is 1170 g/mol. The average molecular weight is 1310 g/mol. The van der Waals surface area contributed by atoms with Gasteiger partial charge < -0.3 is 33.8 Å². The molecule has 89 heavy (non-hydrogen) atoms. The van der Waals surface area contributed by atoms with Crippen LogP contribution in [0.2, 0.25) is 0 Å². The van der Waals surface area contributed by atoms with Crippen LogP contribution < -0.4 is 0 Å². The maximum Gasteiger partial charge on any atom is 0.472 e. The maximum atomic E-state index is 13.0. The molecular formula is C70H136O17P2. The van der Waals surface area contributed by atoms with E-state index in [1.54, 1.807) is 0 Å². The summed E-state index contributed by atoms with van der Waals surface area (Å²) in [7, 11) is -9.90. The second-order valence-electron chi connectivity index (χ2n) is 26.9. The van der Waals surface area contributed by atoms with Crippen molar-refractivity contribution in [3.63, 3.8) is 0 Å². The van der Waals surface area contributed by atoms with Gasteiger partial charge in [-0.3, -0.25) is 37.3 Å². The lowest BCUT2D eigenvalue weighted by Crippen LogP contribution is -2.30. The van der Waals surface area contributed by atoms with Gasteiger partial charge in [0.25, 0.3) is 0 Å². The zero-order valence-electron chi connectivity index (χ0n) is 58.1. The number of rotatable bonds is 67. The molecule has 0 heterocycles. The highest BCUT2D eigenvalue weighted by molar-refractivity contribution is 7.47. The normalized spacial score (nSPS) is 14.6. The largest absolute Gasteiger partial charge is 0.472 e. The van der Waals surface area contributed by atoms with E-state index in [0.717, 1.165) is 114 Å². The molecule has 0 aromatic carbocycles. The first-order valence-corrected chi connectivity index (χ1v) is 39.2. The minimum atomic E-state index is -4.95. The predicted molar refractivity (Wildman–Crippen MR) is 358 cm³/mol. The molecule has 0 bridgehead atoms. The molecule has 0 saturated heterocycles. The molecule has 0 aliphatic heterocycles. The lowest BCUT2D eigenvalue weighted by atomic mass is 9.99. The summed E-state index contributed by atoms with van der Waals surface area (Å²) < 4.78 is 68.3. The van der Waals surface area contributed by atoms with E-state index in [2.05, 4.69) is 55.4 Å². The van der Waals surface area contributed by atoms with E-state index in [-0.39, 0.29) is 25.7 Å². The van der Waals surface area contributed by atoms with Crippen LogP contribution in [-0.4, -0.2) is 96.7 Å². The Morgan fingerprint density at radius 1 is 0.315 bits per heavy atom. The minimum absolute atomic E-state index is 0.104. The number of aliphatic hydroxyl groups excluding tert-OH is 1. The zero-order valence-corrected chi connectivity index (χ0v) is 59.8. The smallest absolute Gasteiger partial charge is 0.462 e. The SMILES string of the molecule is CCC(C)CCCCCCCCCCC(=O)O[C@H](COC(=O)CCCCCCCCCCCC(C)C)COP(=O)(O)OCC(O)COP(=O)(O)OC[C@@H](COC(=O)CCCCCCCCCC(C)C)OC(=O)CCCCCCCCCCCCCCC(C)C. The van der Waals surface area contributed by atoms with Gasteiger partial charge in [-0.15, -0.1) is 0 Å². The van der Waals surface area contributed by atoms with E-state index in [4.69, 9.17) is 37.0 Å². The predicted octanol–water partition coefficient (Wildman–Crippen LogP) is 19.7. The number of hydrogen-bond donors (Lipinski definition) is 3. The molecule has 0 aromatic rings. The molecule has 4 unspecified atom stereocenters. The molecule has 0 aliphatic rings. The molecule has 0 spiro atoms. The van der Waals surface area contributed by atoms with Crippen LogP contribution in [0.25, 0.3) is 0 Å². The van der Waals surface area contributed by atoms with Crippen LogP contribution in [0, 0.1) is 23.7 Å². The van der Waals surface area contributed by atoms with Crippen molar-refractivity contribution in [3.05, 3.63) is 0 Å². The maximum absolute atomic E-state index is 13.0. The van der Waals surface area contributed by atoms with Gasteiger partial charge in [-0.2, -0.15) is 0 Å². The van der Waals surface area contributed by atoms with Gasteiger partial charge in [-0.25, -0.2) is 9.13 Å². The molecule has 3 N–H and O–H groups in total. The number of carbonyl (C=O) groups is 4. The Morgan fingerprint density at radius 3 is 0.798 bits per heavy atom. The summed E-state index contributed by atoms with van der Waals surface area (Å²) >= 11 is 0. The van der Waals surface area contributed by atoms with Crippen LogP contribution in [0.15, 0.2) is 0 Å². The molecule has 17 nitrogen and oxygen atoms in total. The van der Waals surface area contributed by atoms with Crippen LogP contribution in [0.3, 0.4) is 0 Å². The summed E-state index contributed by atoms with van der Waals surface area (Å²) in [4.78, 5) is 72.5. The second kappa shape index (κ2) is 59.8. The summed E-state index contributed by atoms with van der Waals surface area (Å²) in [5.41, 5.74) is 0. The Balaban J connectivity index is 5.26. The molecule has 0 amide bonds. The van der Waals surface area contributed by atoms with E-state index in [1.165, 1.54) is 141 Å². The Hall–Kier alpha value is -1.94. The lowest BCUT2D eigenvalue weighted by Gasteiger charge is -2.21. The standard InChI is InChI=1S/C70H136O17P2/c1-9-63(8)49-41-33-25-19-20-28-37-45-53-70(75)87-65(56-80-67(72)50-42-34-26-18-14-16-23-31-39-47-61(4)5)58-84-88(76,77)82-54-64(71)55-83-89(78,79)85-59-66(57-81-68(73)51-43-35-29-21-24-32-40-48-62(6)7)86-69(74)52-44-36-27-17-13-11-10-12-15-22-30-38-46-60(2)3/h60-66,71H,9-59H2,1-8H3,(H,76,77)(H,78,79)/t63?,64?,65-,66-/m1/s1. The van der Waals surface area contributed by atoms with Crippen molar-refractivity contribution in [3.8, 4) is 0 Å². The van der Waals surface area contributed by atoms with Crippen molar-refractivity contribution in [1.29, 1.82) is 0 Å². The Kier molecular flexibility index (Phi) is 58.5. The molecule has 0 aliphatic carbocycles. The van der Waals surface area contributed by atoms with E-state index in [1.807, 2.05) is 0 Å². The molecule has 528 valence electrons. The molecule has 0 saturated carbocycles. The Morgan fingerprint density at radius 2 is 0.539 bits per heavy atom.